The molecule has 9 nitrogen and oxygen atoms in total. The van der Waals surface area contributed by atoms with E-state index >= 15 is 0 Å². The number of nitrogens with one attached hydrogen (secondary N) is 2. The van der Waals surface area contributed by atoms with E-state index in [1.165, 1.54) is 11.3 Å². The van der Waals surface area contributed by atoms with E-state index in [-0.39, 0.29) is 17.8 Å². The molecule has 2 aliphatic rings. The Kier molecular flexibility index (Phi) is 6.25. The van der Waals surface area contributed by atoms with E-state index in [4.69, 9.17) is 17.3 Å². The fourth-order valence-electron chi connectivity index (χ4n) is 4.29. The molecular formula is C23H24ClN7O2S. The summed E-state index contributed by atoms with van der Waals surface area (Å²) >= 11 is 7.45. The lowest BCUT2D eigenvalue weighted by molar-refractivity contribution is 0.0997. The third kappa shape index (κ3) is 4.78. The minimum absolute atomic E-state index is 0.0262. The summed E-state index contributed by atoms with van der Waals surface area (Å²) in [6.07, 6.45) is 3.44. The van der Waals surface area contributed by atoms with Gasteiger partial charge in [-0.3, -0.25) is 4.79 Å². The number of carbonyl (C=O) groups is 2. The summed E-state index contributed by atoms with van der Waals surface area (Å²) < 4.78 is 0. The molecule has 3 aromatic rings. The van der Waals surface area contributed by atoms with E-state index in [0.717, 1.165) is 30.5 Å². The van der Waals surface area contributed by atoms with E-state index in [1.807, 2.05) is 30.3 Å². The molecule has 0 radical (unpaired) electrons. The second-order valence-corrected chi connectivity index (χ2v) is 9.80. The highest BCUT2D eigenvalue weighted by atomic mass is 35.5. The van der Waals surface area contributed by atoms with Gasteiger partial charge in [0.15, 0.2) is 10.8 Å². The Morgan fingerprint density at radius 3 is 2.82 bits per heavy atom. The van der Waals surface area contributed by atoms with Crippen LogP contribution in [0.4, 0.5) is 20.7 Å². The van der Waals surface area contributed by atoms with Crippen LogP contribution in [0.2, 0.25) is 5.02 Å². The molecule has 0 aliphatic carbocycles. The van der Waals surface area contributed by atoms with Gasteiger partial charge in [0.05, 0.1) is 0 Å². The molecule has 176 valence electrons. The number of urea groups is 1. The van der Waals surface area contributed by atoms with Crippen molar-refractivity contribution in [1.29, 1.82) is 0 Å². The molecule has 4 N–H and O–H groups in total. The van der Waals surface area contributed by atoms with Gasteiger partial charge in [0.1, 0.15) is 10.8 Å². The van der Waals surface area contributed by atoms with Gasteiger partial charge in [-0.05, 0) is 48.2 Å². The van der Waals surface area contributed by atoms with Crippen molar-refractivity contribution in [1.82, 2.24) is 20.2 Å². The number of nitrogens with two attached hydrogens (primary N) is 1. The number of hydrogen-bond donors (Lipinski definition) is 3. The lowest BCUT2D eigenvalue weighted by Crippen LogP contribution is -2.50. The fourth-order valence-corrected chi connectivity index (χ4v) is 5.50. The molecule has 0 bridgehead atoms. The molecule has 2 aromatic heterocycles. The standard InChI is InChI=1S/C23H24ClN7O2S/c24-16-7-6-14-11-31(12-15(14)10-16)22(33)27-17-4-3-9-30(13-17)23-29-19(20(25)32)21(34-23)28-18-5-1-2-8-26-18/h1-2,5-8,10,17H,3-4,9,11-13H2,(H2,25,32)(H,26,28)(H,27,33). The first kappa shape index (κ1) is 22.4. The maximum atomic E-state index is 12.9. The smallest absolute Gasteiger partial charge is 0.318 e. The third-order valence-corrected chi connectivity index (χ3v) is 7.22. The van der Waals surface area contributed by atoms with E-state index < -0.39 is 5.91 Å². The van der Waals surface area contributed by atoms with E-state index in [9.17, 15) is 9.59 Å². The number of carbonyl (C=O) groups excluding carboxylic acids is 2. The molecule has 0 saturated carbocycles. The molecule has 11 heteroatoms. The molecule has 1 atom stereocenters. The van der Waals surface area contributed by atoms with Gasteiger partial charge in [-0.2, -0.15) is 0 Å². The number of pyridine rings is 1. The lowest BCUT2D eigenvalue weighted by Gasteiger charge is -2.33. The Morgan fingerprint density at radius 1 is 1.18 bits per heavy atom. The average molecular weight is 498 g/mol. The van der Waals surface area contributed by atoms with Crippen LogP contribution in [0.1, 0.15) is 34.5 Å². The number of primary amides is 1. The first-order valence-corrected chi connectivity index (χ1v) is 12.2. The monoisotopic (exact) mass is 497 g/mol. The van der Waals surface area contributed by atoms with Crippen molar-refractivity contribution < 1.29 is 9.59 Å². The van der Waals surface area contributed by atoms with Crippen LogP contribution < -0.4 is 21.3 Å². The number of anilines is 3. The summed E-state index contributed by atoms with van der Waals surface area (Å²) in [5.41, 5.74) is 7.97. The molecule has 2 aliphatic heterocycles. The number of fused-ring (bicyclic) bond motifs is 1. The molecule has 5 rings (SSSR count). The fraction of sp³-hybridized carbons (Fsp3) is 0.304. The molecular weight excluding hydrogens is 474 g/mol. The predicted octanol–water partition coefficient (Wildman–Crippen LogP) is 3.73. The van der Waals surface area contributed by atoms with E-state index in [0.29, 0.717) is 40.6 Å². The van der Waals surface area contributed by atoms with Crippen molar-refractivity contribution >= 4 is 50.8 Å². The number of benzene rings is 1. The van der Waals surface area contributed by atoms with Crippen LogP contribution >= 0.6 is 22.9 Å². The maximum absolute atomic E-state index is 12.9. The lowest BCUT2D eigenvalue weighted by atomic mass is 10.1. The highest BCUT2D eigenvalue weighted by Gasteiger charge is 2.29. The van der Waals surface area contributed by atoms with Crippen molar-refractivity contribution in [3.8, 4) is 0 Å². The maximum Gasteiger partial charge on any atom is 0.318 e. The number of piperidine rings is 1. The Balaban J connectivity index is 1.25. The largest absolute Gasteiger partial charge is 0.364 e. The highest BCUT2D eigenvalue weighted by molar-refractivity contribution is 7.20. The van der Waals surface area contributed by atoms with Gasteiger partial charge < -0.3 is 26.2 Å². The zero-order valence-electron chi connectivity index (χ0n) is 18.3. The zero-order valence-corrected chi connectivity index (χ0v) is 19.9. The average Bonchev–Trinajstić information content (AvgIpc) is 3.44. The van der Waals surface area contributed by atoms with Gasteiger partial charge in [-0.15, -0.1) is 0 Å². The van der Waals surface area contributed by atoms with Crippen LogP contribution in [0.25, 0.3) is 0 Å². The van der Waals surface area contributed by atoms with Gasteiger partial charge in [-0.25, -0.2) is 14.8 Å². The number of nitrogens with zero attached hydrogens (tertiary/aromatic N) is 4. The van der Waals surface area contributed by atoms with Crippen LogP contribution in [0, 0.1) is 0 Å². The molecule has 4 heterocycles. The summed E-state index contributed by atoms with van der Waals surface area (Å²) in [6.45, 7) is 2.52. The van der Waals surface area contributed by atoms with Gasteiger partial charge >= 0.3 is 6.03 Å². The third-order valence-electron chi connectivity index (χ3n) is 5.95. The Morgan fingerprint density at radius 2 is 2.03 bits per heavy atom. The first-order chi connectivity index (χ1) is 16.5. The van der Waals surface area contributed by atoms with E-state index in [1.54, 1.807) is 17.2 Å². The minimum atomic E-state index is -0.600. The summed E-state index contributed by atoms with van der Waals surface area (Å²) in [4.78, 5) is 37.6. The number of halogens is 1. The molecule has 1 aromatic carbocycles. The summed E-state index contributed by atoms with van der Waals surface area (Å²) in [5, 5.41) is 8.23. The number of rotatable bonds is 5. The van der Waals surface area contributed by atoms with Crippen LogP contribution in [0.15, 0.2) is 42.6 Å². The topological polar surface area (TPSA) is 116 Å². The second-order valence-electron chi connectivity index (χ2n) is 8.38. The number of aromatic nitrogens is 2. The van der Waals surface area contributed by atoms with Crippen molar-refractivity contribution in [2.24, 2.45) is 5.73 Å². The van der Waals surface area contributed by atoms with Gasteiger partial charge in [0, 0.05) is 43.4 Å². The SMILES string of the molecule is NC(=O)c1nc(N2CCCC(NC(=O)N3Cc4ccc(Cl)cc4C3)C2)sc1Nc1ccccn1. The van der Waals surface area contributed by atoms with Crippen molar-refractivity contribution in [2.75, 3.05) is 23.3 Å². The summed E-state index contributed by atoms with van der Waals surface area (Å²) in [6, 6.07) is 11.1. The van der Waals surface area contributed by atoms with Gasteiger partial charge in [0.25, 0.3) is 5.91 Å². The van der Waals surface area contributed by atoms with E-state index in [2.05, 4.69) is 25.5 Å². The summed E-state index contributed by atoms with van der Waals surface area (Å²) in [5.74, 6) is 0.00776. The molecule has 0 spiro atoms. The zero-order chi connectivity index (χ0) is 23.7. The first-order valence-electron chi connectivity index (χ1n) is 11.0. The Bertz CT molecular complexity index is 1220. The van der Waals surface area contributed by atoms with Crippen LogP contribution in [-0.2, 0) is 13.1 Å². The number of hydrogen-bond acceptors (Lipinski definition) is 7. The van der Waals surface area contributed by atoms with Crippen LogP contribution in [-0.4, -0.2) is 45.9 Å². The van der Waals surface area contributed by atoms with Gasteiger partial charge in [0.2, 0.25) is 0 Å². The van der Waals surface area contributed by atoms with Gasteiger partial charge in [-0.1, -0.05) is 35.1 Å². The van der Waals surface area contributed by atoms with Crippen molar-refractivity contribution in [2.45, 2.75) is 32.0 Å². The van der Waals surface area contributed by atoms with Crippen LogP contribution in [0.3, 0.4) is 0 Å². The normalized spacial score (nSPS) is 17.4. The molecule has 1 unspecified atom stereocenters. The Hall–Kier alpha value is -3.37. The van der Waals surface area contributed by atoms with Crippen molar-refractivity contribution in [3.63, 3.8) is 0 Å². The molecule has 3 amide bonds. The number of amides is 3. The summed E-state index contributed by atoms with van der Waals surface area (Å²) in [7, 11) is 0. The second kappa shape index (κ2) is 9.47. The molecule has 1 fully saturated rings. The minimum Gasteiger partial charge on any atom is -0.364 e. The Labute approximate surface area is 205 Å². The quantitative estimate of drug-likeness (QED) is 0.494. The highest BCUT2D eigenvalue weighted by Crippen LogP contribution is 2.34. The molecule has 34 heavy (non-hydrogen) atoms. The van der Waals surface area contributed by atoms with Crippen LogP contribution in [0.5, 0.6) is 0 Å². The molecule has 1 saturated heterocycles. The predicted molar refractivity (Wildman–Crippen MR) is 133 cm³/mol. The number of thiazole rings is 1. The van der Waals surface area contributed by atoms with Crippen molar-refractivity contribution in [3.05, 3.63) is 64.4 Å².